The van der Waals surface area contributed by atoms with Crippen molar-refractivity contribution in [1.82, 2.24) is 0 Å². The first-order valence-corrected chi connectivity index (χ1v) is 7.61. The van der Waals surface area contributed by atoms with Gasteiger partial charge in [-0.25, -0.2) is 0 Å². The minimum Gasteiger partial charge on any atom is -0.460 e. The summed E-state index contributed by atoms with van der Waals surface area (Å²) in [6.07, 6.45) is 0. The molecule has 2 nitrogen and oxygen atoms in total. The maximum Gasteiger partial charge on any atom is 0.144 e. The van der Waals surface area contributed by atoms with E-state index < -0.39 is 6.62 Å². The van der Waals surface area contributed by atoms with Crippen LogP contribution in [0.3, 0.4) is 0 Å². The van der Waals surface area contributed by atoms with Crippen molar-refractivity contribution in [2.45, 2.75) is 13.8 Å². The fourth-order valence-corrected chi connectivity index (χ4v) is 3.38. The maximum atomic E-state index is 5.53. The molecule has 2 aromatic rings. The van der Waals surface area contributed by atoms with Crippen LogP contribution in [0.2, 0.25) is 0 Å². The third-order valence-corrected chi connectivity index (χ3v) is 5.19. The molecule has 14 heavy (non-hydrogen) atoms. The Morgan fingerprint density at radius 1 is 0.929 bits per heavy atom. The van der Waals surface area contributed by atoms with E-state index in [-0.39, 0.29) is 0 Å². The smallest absolute Gasteiger partial charge is 0.144 e. The van der Waals surface area contributed by atoms with Gasteiger partial charge in [0.15, 0.2) is 0 Å². The number of halogens is 1. The minimum absolute atomic E-state index is 0.650. The summed E-state index contributed by atoms with van der Waals surface area (Å²) in [4.78, 5) is 0. The van der Waals surface area contributed by atoms with Crippen LogP contribution in [0.25, 0.3) is 0 Å². The van der Waals surface area contributed by atoms with Crippen molar-refractivity contribution < 1.29 is 8.83 Å². The van der Waals surface area contributed by atoms with Crippen LogP contribution in [-0.4, -0.2) is 0 Å². The molecule has 2 aromatic heterocycles. The number of rotatable bonds is 2. The number of hydrogen-bond donors (Lipinski definition) is 0. The van der Waals surface area contributed by atoms with Crippen LogP contribution in [0.15, 0.2) is 33.1 Å². The molecule has 0 unspecified atom stereocenters. The van der Waals surface area contributed by atoms with Crippen LogP contribution in [0, 0.1) is 13.8 Å². The maximum absolute atomic E-state index is 5.53. The number of hydrogen-bond acceptors (Lipinski definition) is 2. The zero-order valence-electron chi connectivity index (χ0n) is 7.95. The molecule has 0 aromatic carbocycles. The predicted molar refractivity (Wildman–Crippen MR) is 62.0 cm³/mol. The van der Waals surface area contributed by atoms with Crippen molar-refractivity contribution in [3.63, 3.8) is 0 Å². The van der Waals surface area contributed by atoms with Crippen LogP contribution in [0.4, 0.5) is 0 Å². The molecule has 2 heterocycles. The van der Waals surface area contributed by atoms with Gasteiger partial charge in [-0.3, -0.25) is 0 Å². The molecule has 0 amide bonds. The lowest BCUT2D eigenvalue weighted by Gasteiger charge is -2.01. The van der Waals surface area contributed by atoms with Crippen LogP contribution >= 0.6 is 22.1 Å². The molecule has 0 aliphatic heterocycles. The molecule has 0 aliphatic carbocycles. The molecule has 0 saturated carbocycles. The van der Waals surface area contributed by atoms with Crippen molar-refractivity contribution in [2.24, 2.45) is 0 Å². The molecule has 2 rings (SSSR count). The molecule has 0 saturated heterocycles. The van der Waals surface area contributed by atoms with Gasteiger partial charge < -0.3 is 8.83 Å². The number of aryl methyl sites for hydroxylation is 2. The Hall–Kier alpha value is -0.530. The van der Waals surface area contributed by atoms with Gasteiger partial charge in [-0.1, -0.05) is 0 Å². The highest BCUT2D eigenvalue weighted by Crippen LogP contribution is 2.42. The van der Waals surface area contributed by atoms with E-state index in [0.29, 0.717) is 0 Å². The fourth-order valence-electron chi connectivity index (χ4n) is 1.16. The second kappa shape index (κ2) is 3.92. The third-order valence-electron chi connectivity index (χ3n) is 1.84. The topological polar surface area (TPSA) is 26.3 Å². The summed E-state index contributed by atoms with van der Waals surface area (Å²) in [6, 6.07) is 7.88. The van der Waals surface area contributed by atoms with Gasteiger partial charge in [0.25, 0.3) is 0 Å². The molecule has 4 heteroatoms. The van der Waals surface area contributed by atoms with E-state index in [2.05, 4.69) is 15.5 Å². The van der Waals surface area contributed by atoms with E-state index in [1.807, 2.05) is 38.1 Å². The van der Waals surface area contributed by atoms with Crippen molar-refractivity contribution in [3.8, 4) is 0 Å². The first-order chi connectivity index (χ1) is 6.66. The van der Waals surface area contributed by atoms with Gasteiger partial charge in [0, 0.05) is 0 Å². The summed E-state index contributed by atoms with van der Waals surface area (Å²) < 4.78 is 11.1. The lowest BCUT2D eigenvalue weighted by molar-refractivity contribution is 0.559. The molecule has 74 valence electrons. The average molecular weight is 273 g/mol. The second-order valence-electron chi connectivity index (χ2n) is 3.05. The highest BCUT2D eigenvalue weighted by Gasteiger charge is 2.17. The third kappa shape index (κ3) is 1.94. The highest BCUT2D eigenvalue weighted by molar-refractivity contribution is 9.40. The fraction of sp³-hybridized carbons (Fsp3) is 0.200. The van der Waals surface area contributed by atoms with Gasteiger partial charge in [0.05, 0.1) is 0 Å². The Labute approximate surface area is 91.8 Å². The van der Waals surface area contributed by atoms with Crippen LogP contribution in [0.5, 0.6) is 0 Å². The predicted octanol–water partition coefficient (Wildman–Crippen LogP) is 3.23. The molecule has 0 bridgehead atoms. The van der Waals surface area contributed by atoms with Gasteiger partial charge in [-0.05, 0) is 53.6 Å². The average Bonchev–Trinajstić information content (AvgIpc) is 2.73. The molecule has 0 atom stereocenters. The summed E-state index contributed by atoms with van der Waals surface area (Å²) in [6.45, 7) is 3.23. The van der Waals surface area contributed by atoms with Gasteiger partial charge >= 0.3 is 0 Å². The summed E-state index contributed by atoms with van der Waals surface area (Å²) in [5.41, 5.74) is 1.87. The quantitative estimate of drug-likeness (QED) is 0.785. The summed E-state index contributed by atoms with van der Waals surface area (Å²) in [5, 5.41) is 0. The standard InChI is InChI=1S/C10H10BrO2P/c1-7-3-5-9(12-7)14(11)10-6-4-8(2)13-10/h3-6H,1-2H3. The van der Waals surface area contributed by atoms with Crippen LogP contribution in [0.1, 0.15) is 11.5 Å². The van der Waals surface area contributed by atoms with E-state index in [1.165, 1.54) is 0 Å². The van der Waals surface area contributed by atoms with Gasteiger partial charge in [-0.2, -0.15) is 0 Å². The Kier molecular flexibility index (Phi) is 2.80. The Balaban J connectivity index is 2.28. The molecule has 0 N–H and O–H groups in total. The first kappa shape index (κ1) is 10.0. The van der Waals surface area contributed by atoms with E-state index in [4.69, 9.17) is 8.83 Å². The zero-order chi connectivity index (χ0) is 10.1. The first-order valence-electron chi connectivity index (χ1n) is 4.25. The van der Waals surface area contributed by atoms with Gasteiger partial charge in [-0.15, -0.1) is 0 Å². The Morgan fingerprint density at radius 3 is 1.64 bits per heavy atom. The molecular weight excluding hydrogens is 263 g/mol. The second-order valence-corrected chi connectivity index (χ2v) is 6.62. The van der Waals surface area contributed by atoms with Crippen molar-refractivity contribution in [1.29, 1.82) is 0 Å². The van der Waals surface area contributed by atoms with Crippen LogP contribution in [-0.2, 0) is 0 Å². The van der Waals surface area contributed by atoms with Gasteiger partial charge in [0.2, 0.25) is 0 Å². The molecule has 0 aliphatic rings. The van der Waals surface area contributed by atoms with Crippen molar-refractivity contribution >= 4 is 33.1 Å². The normalized spacial score (nSPS) is 11.1. The monoisotopic (exact) mass is 272 g/mol. The van der Waals surface area contributed by atoms with Crippen LogP contribution < -0.4 is 11.0 Å². The van der Waals surface area contributed by atoms with Gasteiger partial charge in [0.1, 0.15) is 29.1 Å². The highest BCUT2D eigenvalue weighted by atomic mass is 79.9. The van der Waals surface area contributed by atoms with E-state index in [0.717, 1.165) is 22.5 Å². The minimum atomic E-state index is -0.650. The van der Waals surface area contributed by atoms with E-state index in [9.17, 15) is 0 Å². The van der Waals surface area contributed by atoms with Crippen molar-refractivity contribution in [3.05, 3.63) is 35.8 Å². The van der Waals surface area contributed by atoms with E-state index >= 15 is 0 Å². The molecule has 0 radical (unpaired) electrons. The molecular formula is C10H10BrO2P. The lowest BCUT2D eigenvalue weighted by Crippen LogP contribution is -2.02. The zero-order valence-corrected chi connectivity index (χ0v) is 10.4. The SMILES string of the molecule is Cc1ccc(P(Br)c2ccc(C)o2)o1. The summed E-state index contributed by atoms with van der Waals surface area (Å²) in [5.74, 6) is 1.85. The van der Waals surface area contributed by atoms with E-state index in [1.54, 1.807) is 0 Å². The van der Waals surface area contributed by atoms with Crippen molar-refractivity contribution in [2.75, 3.05) is 0 Å². The Morgan fingerprint density at radius 2 is 1.36 bits per heavy atom. The number of furan rings is 2. The summed E-state index contributed by atoms with van der Waals surface area (Å²) in [7, 11) is 0. The largest absolute Gasteiger partial charge is 0.460 e. The lowest BCUT2D eigenvalue weighted by atomic mass is 10.5. The Bertz CT molecular complexity index is 393. The molecule has 0 fully saturated rings. The molecule has 0 spiro atoms. The summed E-state index contributed by atoms with van der Waals surface area (Å²) >= 11 is 3.60.